The van der Waals surface area contributed by atoms with E-state index in [0.29, 0.717) is 5.56 Å². The molecule has 0 radical (unpaired) electrons. The van der Waals surface area contributed by atoms with E-state index in [0.717, 1.165) is 17.2 Å². The summed E-state index contributed by atoms with van der Waals surface area (Å²) in [6.07, 6.45) is -4.72. The molecule has 2 aromatic carbocycles. The van der Waals surface area contributed by atoms with Gasteiger partial charge in [0.15, 0.2) is 0 Å². The number of ether oxygens (including phenoxy) is 1. The van der Waals surface area contributed by atoms with Crippen molar-refractivity contribution in [1.82, 2.24) is 0 Å². The molecule has 0 unspecified atom stereocenters. The second-order valence-corrected chi connectivity index (χ2v) is 4.21. The van der Waals surface area contributed by atoms with E-state index in [4.69, 9.17) is 5.73 Å². The number of alkyl halides is 3. The van der Waals surface area contributed by atoms with Crippen LogP contribution in [-0.4, -0.2) is 6.36 Å². The van der Waals surface area contributed by atoms with Crippen LogP contribution in [0.1, 0.15) is 5.56 Å². The Morgan fingerprint density at radius 1 is 1.00 bits per heavy atom. The van der Waals surface area contributed by atoms with Gasteiger partial charge in [0.05, 0.1) is 0 Å². The van der Waals surface area contributed by atoms with Crippen LogP contribution in [0.15, 0.2) is 42.5 Å². The zero-order valence-electron chi connectivity index (χ0n) is 10.2. The van der Waals surface area contributed by atoms with Crippen molar-refractivity contribution in [1.29, 1.82) is 0 Å². The number of anilines is 1. The number of nitrogens with two attached hydrogens (primary N) is 1. The Kier molecular flexibility index (Phi) is 3.38. The van der Waals surface area contributed by atoms with Crippen LogP contribution in [0.5, 0.6) is 5.75 Å². The second kappa shape index (κ2) is 4.84. The zero-order valence-corrected chi connectivity index (χ0v) is 10.2. The minimum absolute atomic E-state index is 0.221. The first-order valence-corrected chi connectivity index (χ1v) is 5.57. The average Bonchev–Trinajstić information content (AvgIpc) is 2.25. The molecule has 0 heterocycles. The first-order chi connectivity index (χ1) is 8.83. The van der Waals surface area contributed by atoms with E-state index >= 15 is 0 Å². The number of rotatable bonds is 2. The first-order valence-electron chi connectivity index (χ1n) is 5.57. The Balaban J connectivity index is 2.42. The fraction of sp³-hybridized carbons (Fsp3) is 0.143. The summed E-state index contributed by atoms with van der Waals surface area (Å²) in [7, 11) is 0. The Hall–Kier alpha value is -2.17. The van der Waals surface area contributed by atoms with Gasteiger partial charge in [0.2, 0.25) is 0 Å². The van der Waals surface area contributed by atoms with Crippen molar-refractivity contribution in [2.45, 2.75) is 13.3 Å². The summed E-state index contributed by atoms with van der Waals surface area (Å²) in [6.45, 7) is 1.91. The monoisotopic (exact) mass is 267 g/mol. The van der Waals surface area contributed by atoms with Gasteiger partial charge in [0.1, 0.15) is 5.75 Å². The minimum atomic E-state index is -4.72. The molecular weight excluding hydrogens is 255 g/mol. The number of benzene rings is 2. The highest BCUT2D eigenvalue weighted by atomic mass is 19.4. The normalized spacial score (nSPS) is 11.4. The lowest BCUT2D eigenvalue weighted by molar-refractivity contribution is -0.274. The molecule has 2 nitrogen and oxygen atoms in total. The van der Waals surface area contributed by atoms with E-state index in [1.165, 1.54) is 6.07 Å². The van der Waals surface area contributed by atoms with Crippen LogP contribution in [0.25, 0.3) is 11.1 Å². The van der Waals surface area contributed by atoms with Gasteiger partial charge in [0, 0.05) is 11.8 Å². The Bertz CT molecular complexity index is 593. The van der Waals surface area contributed by atoms with E-state index in [1.54, 1.807) is 12.1 Å². The molecule has 0 aliphatic rings. The van der Waals surface area contributed by atoms with Crippen molar-refractivity contribution in [3.63, 3.8) is 0 Å². The molecule has 0 aliphatic carbocycles. The summed E-state index contributed by atoms with van der Waals surface area (Å²) in [5, 5.41) is 0. The fourth-order valence-corrected chi connectivity index (χ4v) is 1.81. The number of nitrogen functional groups attached to an aromatic ring is 1. The van der Waals surface area contributed by atoms with Crippen molar-refractivity contribution < 1.29 is 17.9 Å². The highest BCUT2D eigenvalue weighted by Gasteiger charge is 2.31. The third-order valence-electron chi connectivity index (χ3n) is 2.51. The third-order valence-corrected chi connectivity index (χ3v) is 2.51. The van der Waals surface area contributed by atoms with Crippen molar-refractivity contribution in [3.8, 4) is 16.9 Å². The maximum absolute atomic E-state index is 12.2. The molecule has 0 saturated heterocycles. The van der Waals surface area contributed by atoms with Gasteiger partial charge in [-0.1, -0.05) is 29.8 Å². The van der Waals surface area contributed by atoms with Crippen LogP contribution in [0.4, 0.5) is 18.9 Å². The molecule has 2 N–H and O–H groups in total. The molecule has 5 heteroatoms. The zero-order chi connectivity index (χ0) is 14.0. The molecule has 0 aliphatic heterocycles. The molecular formula is C14H12F3NO. The minimum Gasteiger partial charge on any atom is -0.406 e. The van der Waals surface area contributed by atoms with E-state index in [9.17, 15) is 13.2 Å². The molecule has 0 amide bonds. The summed E-state index contributed by atoms with van der Waals surface area (Å²) < 4.78 is 40.5. The van der Waals surface area contributed by atoms with Gasteiger partial charge in [-0.15, -0.1) is 13.2 Å². The van der Waals surface area contributed by atoms with Crippen LogP contribution in [-0.2, 0) is 0 Å². The molecule has 0 aromatic heterocycles. The summed E-state index contributed by atoms with van der Waals surface area (Å²) in [5.41, 5.74) is 8.22. The fourth-order valence-electron chi connectivity index (χ4n) is 1.81. The van der Waals surface area contributed by atoms with Crippen LogP contribution in [0.2, 0.25) is 0 Å². The first kappa shape index (κ1) is 13.3. The molecule has 2 aromatic rings. The Morgan fingerprint density at radius 3 is 2.37 bits per heavy atom. The van der Waals surface area contributed by atoms with Crippen molar-refractivity contribution in [2.75, 3.05) is 5.73 Å². The summed E-state index contributed by atoms with van der Waals surface area (Å²) >= 11 is 0. The summed E-state index contributed by atoms with van der Waals surface area (Å²) in [4.78, 5) is 0. The predicted octanol–water partition coefficient (Wildman–Crippen LogP) is 4.14. The third kappa shape index (κ3) is 3.64. The number of hydrogen-bond acceptors (Lipinski definition) is 2. The number of hydrogen-bond donors (Lipinski definition) is 1. The van der Waals surface area contributed by atoms with E-state index in [1.807, 2.05) is 25.1 Å². The molecule has 0 fully saturated rings. The summed E-state index contributed by atoms with van der Waals surface area (Å²) in [6, 6.07) is 11.5. The standard InChI is InChI=1S/C14H12F3NO/c1-9-3-2-4-10(5-9)11-6-12(18)8-13(7-11)19-14(15,16)17/h2-8H,18H2,1H3. The maximum atomic E-state index is 12.2. The molecule has 0 bridgehead atoms. The molecule has 19 heavy (non-hydrogen) atoms. The quantitative estimate of drug-likeness (QED) is 0.830. The van der Waals surface area contributed by atoms with Gasteiger partial charge < -0.3 is 10.5 Å². The van der Waals surface area contributed by atoms with Crippen LogP contribution < -0.4 is 10.5 Å². The maximum Gasteiger partial charge on any atom is 0.573 e. The molecule has 2 rings (SSSR count). The molecule has 0 atom stereocenters. The number of halogens is 3. The highest BCUT2D eigenvalue weighted by molar-refractivity contribution is 5.70. The smallest absolute Gasteiger partial charge is 0.406 e. The second-order valence-electron chi connectivity index (χ2n) is 4.21. The van der Waals surface area contributed by atoms with Crippen molar-refractivity contribution in [3.05, 3.63) is 48.0 Å². The molecule has 0 spiro atoms. The lowest BCUT2D eigenvalue weighted by Gasteiger charge is -2.11. The van der Waals surface area contributed by atoms with Gasteiger partial charge in [0.25, 0.3) is 0 Å². The van der Waals surface area contributed by atoms with Crippen molar-refractivity contribution in [2.24, 2.45) is 0 Å². The van der Waals surface area contributed by atoms with Crippen molar-refractivity contribution >= 4 is 5.69 Å². The Labute approximate surface area is 108 Å². The molecule has 0 saturated carbocycles. The van der Waals surface area contributed by atoms with E-state index < -0.39 is 6.36 Å². The van der Waals surface area contributed by atoms with Gasteiger partial charge >= 0.3 is 6.36 Å². The van der Waals surface area contributed by atoms with Gasteiger partial charge in [-0.3, -0.25) is 0 Å². The SMILES string of the molecule is Cc1cccc(-c2cc(N)cc(OC(F)(F)F)c2)c1. The van der Waals surface area contributed by atoms with Crippen LogP contribution in [0.3, 0.4) is 0 Å². The lowest BCUT2D eigenvalue weighted by atomic mass is 10.0. The van der Waals surface area contributed by atoms with E-state index in [2.05, 4.69) is 4.74 Å². The predicted molar refractivity (Wildman–Crippen MR) is 67.7 cm³/mol. The van der Waals surface area contributed by atoms with Crippen LogP contribution in [0, 0.1) is 6.92 Å². The largest absolute Gasteiger partial charge is 0.573 e. The summed E-state index contributed by atoms with van der Waals surface area (Å²) in [5.74, 6) is -0.316. The van der Waals surface area contributed by atoms with E-state index in [-0.39, 0.29) is 11.4 Å². The van der Waals surface area contributed by atoms with Gasteiger partial charge in [-0.05, 0) is 30.2 Å². The highest BCUT2D eigenvalue weighted by Crippen LogP contribution is 2.31. The molecule has 100 valence electrons. The van der Waals surface area contributed by atoms with Gasteiger partial charge in [-0.2, -0.15) is 0 Å². The average molecular weight is 267 g/mol. The topological polar surface area (TPSA) is 35.2 Å². The van der Waals surface area contributed by atoms with Crippen LogP contribution >= 0.6 is 0 Å². The number of aryl methyl sites for hydroxylation is 1. The van der Waals surface area contributed by atoms with Gasteiger partial charge in [-0.25, -0.2) is 0 Å². The lowest BCUT2D eigenvalue weighted by Crippen LogP contribution is -2.17. The Morgan fingerprint density at radius 2 is 1.74 bits per heavy atom.